The van der Waals surface area contributed by atoms with Gasteiger partial charge in [0.25, 0.3) is 15.9 Å². The van der Waals surface area contributed by atoms with Crippen LogP contribution in [0.4, 0.5) is 10.8 Å². The van der Waals surface area contributed by atoms with Crippen molar-refractivity contribution in [3.8, 4) is 0 Å². The van der Waals surface area contributed by atoms with Crippen LogP contribution in [-0.4, -0.2) is 70.5 Å². The fourth-order valence-corrected chi connectivity index (χ4v) is 7.05. The first kappa shape index (κ1) is 29.8. The maximum Gasteiger partial charge on any atom is 0.264 e. The number of aryl methyl sites for hydroxylation is 2. The van der Waals surface area contributed by atoms with E-state index < -0.39 is 10.0 Å². The highest BCUT2D eigenvalue weighted by Gasteiger charge is 2.23. The van der Waals surface area contributed by atoms with Crippen molar-refractivity contribution < 1.29 is 13.2 Å². The van der Waals surface area contributed by atoms with Crippen molar-refractivity contribution in [2.45, 2.75) is 18.7 Å². The number of carbonyl (C=O) groups is 1. The molecule has 0 spiro atoms. The van der Waals surface area contributed by atoms with E-state index in [4.69, 9.17) is 4.98 Å². The summed E-state index contributed by atoms with van der Waals surface area (Å²) in [6, 6.07) is 19.3. The quantitative estimate of drug-likeness (QED) is 0.316. The zero-order valence-electron chi connectivity index (χ0n) is 22.8. The van der Waals surface area contributed by atoms with Crippen LogP contribution >= 0.6 is 23.7 Å². The van der Waals surface area contributed by atoms with Crippen LogP contribution in [0, 0.1) is 13.8 Å². The summed E-state index contributed by atoms with van der Waals surface area (Å²) in [6.45, 7) is 9.14. The van der Waals surface area contributed by atoms with Gasteiger partial charge in [-0.25, -0.2) is 13.4 Å². The largest absolute Gasteiger partial charge is 0.351 e. The summed E-state index contributed by atoms with van der Waals surface area (Å²) in [5.74, 6) is -0.214. The lowest BCUT2D eigenvalue weighted by atomic mass is 10.1. The average Bonchev–Trinajstić information content (AvgIpc) is 3.42. The molecule has 4 aromatic rings. The molecule has 1 aromatic heterocycles. The van der Waals surface area contributed by atoms with Gasteiger partial charge in [-0.3, -0.25) is 14.0 Å². The van der Waals surface area contributed by atoms with Crippen LogP contribution in [0.1, 0.15) is 21.5 Å². The summed E-state index contributed by atoms with van der Waals surface area (Å²) in [7, 11) is -2.20. The zero-order valence-corrected chi connectivity index (χ0v) is 25.3. The first-order valence-corrected chi connectivity index (χ1v) is 15.3. The smallest absolute Gasteiger partial charge is 0.264 e. The number of para-hydroxylation sites is 1. The molecule has 0 saturated carbocycles. The highest BCUT2D eigenvalue weighted by molar-refractivity contribution is 7.92. The Balaban J connectivity index is 0.00000370. The highest BCUT2D eigenvalue weighted by atomic mass is 35.5. The van der Waals surface area contributed by atoms with E-state index in [0.29, 0.717) is 17.8 Å². The normalized spacial score (nSPS) is 14.1. The predicted molar refractivity (Wildman–Crippen MR) is 166 cm³/mol. The Bertz CT molecular complexity index is 1530. The van der Waals surface area contributed by atoms with Gasteiger partial charge in [0.1, 0.15) is 0 Å². The molecule has 1 saturated heterocycles. The second-order valence-electron chi connectivity index (χ2n) is 9.79. The Kier molecular flexibility index (Phi) is 9.35. The van der Waals surface area contributed by atoms with Crippen LogP contribution in [0.2, 0.25) is 0 Å². The summed E-state index contributed by atoms with van der Waals surface area (Å²) in [5.41, 5.74) is 4.59. The van der Waals surface area contributed by atoms with Crippen molar-refractivity contribution in [2.24, 2.45) is 0 Å². The molecule has 40 heavy (non-hydrogen) atoms. The Morgan fingerprint density at radius 2 is 1.60 bits per heavy atom. The van der Waals surface area contributed by atoms with Crippen LogP contribution in [0.3, 0.4) is 0 Å². The van der Waals surface area contributed by atoms with E-state index >= 15 is 0 Å². The van der Waals surface area contributed by atoms with E-state index in [-0.39, 0.29) is 23.2 Å². The molecule has 1 amide bonds. The Labute approximate surface area is 246 Å². The number of fused-ring (bicyclic) bond motifs is 1. The topological polar surface area (TPSA) is 85.8 Å². The van der Waals surface area contributed by atoms with Gasteiger partial charge in [-0.15, -0.1) is 12.4 Å². The van der Waals surface area contributed by atoms with Crippen molar-refractivity contribution in [2.75, 3.05) is 55.5 Å². The average molecular weight is 600 g/mol. The molecule has 1 aliphatic heterocycles. The number of rotatable bonds is 8. The number of hydrogen-bond acceptors (Lipinski definition) is 7. The van der Waals surface area contributed by atoms with Crippen molar-refractivity contribution in [1.29, 1.82) is 0 Å². The van der Waals surface area contributed by atoms with E-state index in [0.717, 1.165) is 43.4 Å². The summed E-state index contributed by atoms with van der Waals surface area (Å²) in [6.07, 6.45) is 0. The lowest BCUT2D eigenvalue weighted by molar-refractivity contribution is 0.0947. The monoisotopic (exact) mass is 599 g/mol. The molecular formula is C29H34ClN5O3S2. The second kappa shape index (κ2) is 12.6. The van der Waals surface area contributed by atoms with E-state index in [9.17, 15) is 13.2 Å². The highest BCUT2D eigenvalue weighted by Crippen LogP contribution is 2.33. The van der Waals surface area contributed by atoms with Crippen molar-refractivity contribution in [1.82, 2.24) is 15.2 Å². The van der Waals surface area contributed by atoms with E-state index in [1.807, 2.05) is 6.07 Å². The van der Waals surface area contributed by atoms with Crippen LogP contribution in [0.5, 0.6) is 0 Å². The Morgan fingerprint density at radius 3 is 2.25 bits per heavy atom. The van der Waals surface area contributed by atoms with Crippen molar-refractivity contribution in [3.63, 3.8) is 0 Å². The molecule has 5 rings (SSSR count). The molecule has 0 bridgehead atoms. The number of carbonyl (C=O) groups excluding carboxylic acids is 1. The third-order valence-corrected chi connectivity index (χ3v) is 10.2. The lowest BCUT2D eigenvalue weighted by Crippen LogP contribution is -2.48. The van der Waals surface area contributed by atoms with Crippen molar-refractivity contribution in [3.05, 3.63) is 83.4 Å². The zero-order chi connectivity index (χ0) is 27.6. The molecule has 1 fully saturated rings. The number of halogens is 1. The van der Waals surface area contributed by atoms with E-state index in [1.54, 1.807) is 47.7 Å². The first-order chi connectivity index (χ1) is 18.7. The second-order valence-corrected chi connectivity index (χ2v) is 12.7. The lowest BCUT2D eigenvalue weighted by Gasteiger charge is -2.34. The summed E-state index contributed by atoms with van der Waals surface area (Å²) in [4.78, 5) is 22.4. The van der Waals surface area contributed by atoms with Crippen molar-refractivity contribution >= 4 is 60.7 Å². The number of thiazole rings is 1. The number of anilines is 2. The fourth-order valence-electron chi connectivity index (χ4n) is 4.69. The minimum absolute atomic E-state index is 0. The molecule has 1 N–H and O–H groups in total. The number of benzene rings is 3. The number of aromatic nitrogens is 1. The summed E-state index contributed by atoms with van der Waals surface area (Å²) < 4.78 is 28.4. The number of nitrogens with one attached hydrogen (secondary N) is 1. The molecule has 11 heteroatoms. The van der Waals surface area contributed by atoms with Gasteiger partial charge >= 0.3 is 0 Å². The summed E-state index contributed by atoms with van der Waals surface area (Å²) in [5, 5.41) is 4.04. The Hall–Kier alpha value is -3.18. The molecule has 0 radical (unpaired) electrons. The fraction of sp³-hybridized carbons (Fsp3) is 0.310. The van der Waals surface area contributed by atoms with Gasteiger partial charge < -0.3 is 10.2 Å². The predicted octanol–water partition coefficient (Wildman–Crippen LogP) is 4.71. The molecule has 0 aliphatic carbocycles. The van der Waals surface area contributed by atoms with Crippen LogP contribution in [0.15, 0.2) is 71.6 Å². The van der Waals surface area contributed by atoms with E-state index in [1.165, 1.54) is 39.3 Å². The Morgan fingerprint density at radius 1 is 0.950 bits per heavy atom. The molecule has 212 valence electrons. The van der Waals surface area contributed by atoms with Gasteiger partial charge in [0.15, 0.2) is 5.13 Å². The van der Waals surface area contributed by atoms with Crippen LogP contribution < -0.4 is 14.5 Å². The SMILES string of the molecule is Cc1ccc(C)c2sc(N3CCN(CCNC(=O)c4ccc(S(=O)(=O)N(C)c5ccccc5)cc4)CC3)nc12.Cl. The van der Waals surface area contributed by atoms with Gasteiger partial charge in [0, 0.05) is 51.9 Å². The molecule has 0 unspecified atom stereocenters. The number of nitrogens with zero attached hydrogens (tertiary/aromatic N) is 4. The first-order valence-electron chi connectivity index (χ1n) is 13.0. The minimum Gasteiger partial charge on any atom is -0.351 e. The third-order valence-electron chi connectivity index (χ3n) is 7.18. The number of hydrogen-bond donors (Lipinski definition) is 1. The number of amides is 1. The van der Waals surface area contributed by atoms with Gasteiger partial charge in [0.2, 0.25) is 0 Å². The number of piperazine rings is 1. The molecule has 8 nitrogen and oxygen atoms in total. The molecule has 0 atom stereocenters. The third kappa shape index (κ3) is 6.25. The van der Waals surface area contributed by atoms with E-state index in [2.05, 4.69) is 41.1 Å². The standard InChI is InChI=1S/C29H33N5O3S2.ClH/c1-21-9-10-22(2)27-26(21)31-29(38-27)34-19-17-33(18-20-34)16-15-30-28(35)23-11-13-25(14-12-23)39(36,37)32(3)24-7-5-4-6-8-24;/h4-14H,15-20H2,1-3H3,(H,30,35);1H. The minimum atomic E-state index is -3.72. The van der Waals surface area contributed by atoms with Crippen LogP contribution in [0.25, 0.3) is 10.2 Å². The maximum atomic E-state index is 13.0. The van der Waals surface area contributed by atoms with Gasteiger partial charge in [-0.2, -0.15) is 0 Å². The van der Waals surface area contributed by atoms with Gasteiger partial charge in [-0.1, -0.05) is 41.7 Å². The molecule has 2 heterocycles. The van der Waals surface area contributed by atoms with Gasteiger partial charge in [0.05, 0.1) is 20.8 Å². The molecular weight excluding hydrogens is 566 g/mol. The maximum absolute atomic E-state index is 13.0. The molecule has 3 aromatic carbocycles. The number of sulfonamides is 1. The van der Waals surface area contributed by atoms with Gasteiger partial charge in [-0.05, 0) is 61.4 Å². The van der Waals surface area contributed by atoms with Crippen LogP contribution in [-0.2, 0) is 10.0 Å². The summed E-state index contributed by atoms with van der Waals surface area (Å²) >= 11 is 1.77. The molecule has 1 aliphatic rings.